The van der Waals surface area contributed by atoms with E-state index < -0.39 is 0 Å². The fourth-order valence-corrected chi connectivity index (χ4v) is 2.61. The first kappa shape index (κ1) is 13.7. The van der Waals surface area contributed by atoms with Gasteiger partial charge in [0, 0.05) is 34.2 Å². The van der Waals surface area contributed by atoms with Crippen LogP contribution in [0.4, 0.5) is 11.4 Å². The molecule has 0 bridgehead atoms. The molecule has 1 aromatic heterocycles. The molecule has 2 aromatic carbocycles. The van der Waals surface area contributed by atoms with Crippen molar-refractivity contribution in [2.24, 2.45) is 0 Å². The van der Waals surface area contributed by atoms with Crippen molar-refractivity contribution in [2.75, 3.05) is 11.1 Å². The summed E-state index contributed by atoms with van der Waals surface area (Å²) in [7, 11) is 0. The summed E-state index contributed by atoms with van der Waals surface area (Å²) in [4.78, 5) is 4.11. The van der Waals surface area contributed by atoms with Crippen molar-refractivity contribution in [3.05, 3.63) is 65.4 Å². The van der Waals surface area contributed by atoms with Gasteiger partial charge in [-0.15, -0.1) is 0 Å². The predicted molar refractivity (Wildman–Crippen MR) is 89.6 cm³/mol. The maximum absolute atomic E-state index is 6.26. The number of hydrogen-bond acceptors (Lipinski definition) is 3. The largest absolute Gasteiger partial charge is 0.397 e. The first-order valence-electron chi connectivity index (χ1n) is 6.79. The van der Waals surface area contributed by atoms with E-state index in [2.05, 4.69) is 17.2 Å². The quantitative estimate of drug-likeness (QED) is 0.692. The normalized spacial score (nSPS) is 12.3. The summed E-state index contributed by atoms with van der Waals surface area (Å²) in [5, 5.41) is 6.22. The van der Waals surface area contributed by atoms with Gasteiger partial charge >= 0.3 is 0 Å². The van der Waals surface area contributed by atoms with Gasteiger partial charge in [-0.1, -0.05) is 29.8 Å². The number of aromatic nitrogens is 1. The van der Waals surface area contributed by atoms with Crippen molar-refractivity contribution in [2.45, 2.75) is 13.0 Å². The molecule has 0 spiro atoms. The lowest BCUT2D eigenvalue weighted by Gasteiger charge is -2.18. The van der Waals surface area contributed by atoms with Gasteiger partial charge in [0.2, 0.25) is 0 Å². The lowest BCUT2D eigenvalue weighted by Crippen LogP contribution is -2.08. The van der Waals surface area contributed by atoms with E-state index in [-0.39, 0.29) is 6.04 Å². The molecule has 0 aliphatic carbocycles. The number of nitrogens with one attached hydrogen (secondary N) is 1. The van der Waals surface area contributed by atoms with E-state index in [1.807, 2.05) is 48.7 Å². The number of anilines is 2. The van der Waals surface area contributed by atoms with Gasteiger partial charge in [0.05, 0.1) is 11.4 Å². The molecule has 3 aromatic rings. The van der Waals surface area contributed by atoms with E-state index in [1.165, 1.54) is 0 Å². The number of hydrogen-bond donors (Lipinski definition) is 2. The van der Waals surface area contributed by atoms with Gasteiger partial charge in [-0.25, -0.2) is 0 Å². The molecule has 0 fully saturated rings. The van der Waals surface area contributed by atoms with Crippen LogP contribution in [0.2, 0.25) is 5.02 Å². The summed E-state index contributed by atoms with van der Waals surface area (Å²) in [6, 6.07) is 13.9. The van der Waals surface area contributed by atoms with Crippen molar-refractivity contribution in [3.8, 4) is 0 Å². The Kier molecular flexibility index (Phi) is 3.67. The van der Waals surface area contributed by atoms with Crippen LogP contribution in [0.5, 0.6) is 0 Å². The van der Waals surface area contributed by atoms with Gasteiger partial charge < -0.3 is 11.1 Å². The molecule has 1 unspecified atom stereocenters. The maximum Gasteiger partial charge on any atom is 0.0630 e. The molecule has 3 N–H and O–H groups in total. The SMILES string of the molecule is CC(Nc1ccc2cnccc2c1N)c1cccc(Cl)c1. The molecule has 1 heterocycles. The summed E-state index contributed by atoms with van der Waals surface area (Å²) < 4.78 is 0. The Bertz CT molecular complexity index is 786. The minimum atomic E-state index is 0.116. The first-order valence-corrected chi connectivity index (χ1v) is 7.17. The Hall–Kier alpha value is -2.26. The third kappa shape index (κ3) is 2.78. The zero-order valence-corrected chi connectivity index (χ0v) is 12.4. The number of nitrogens with two attached hydrogens (primary N) is 1. The van der Waals surface area contributed by atoms with Crippen molar-refractivity contribution in [1.29, 1.82) is 0 Å². The number of fused-ring (bicyclic) bond motifs is 1. The topological polar surface area (TPSA) is 50.9 Å². The maximum atomic E-state index is 6.26. The summed E-state index contributed by atoms with van der Waals surface area (Å²) in [5.41, 5.74) is 9.04. The number of halogens is 1. The summed E-state index contributed by atoms with van der Waals surface area (Å²) in [5.74, 6) is 0. The molecule has 3 rings (SSSR count). The Morgan fingerprint density at radius 1 is 1.19 bits per heavy atom. The van der Waals surface area contributed by atoms with Crippen molar-refractivity contribution >= 4 is 33.7 Å². The highest BCUT2D eigenvalue weighted by Gasteiger charge is 2.09. The average Bonchev–Trinajstić information content (AvgIpc) is 2.50. The lowest BCUT2D eigenvalue weighted by molar-refractivity contribution is 0.886. The number of benzene rings is 2. The van der Waals surface area contributed by atoms with Crippen LogP contribution >= 0.6 is 11.6 Å². The smallest absolute Gasteiger partial charge is 0.0630 e. The van der Waals surface area contributed by atoms with Gasteiger partial charge in [0.15, 0.2) is 0 Å². The van der Waals surface area contributed by atoms with Gasteiger partial charge in [0.25, 0.3) is 0 Å². The highest BCUT2D eigenvalue weighted by atomic mass is 35.5. The molecule has 0 saturated carbocycles. The van der Waals surface area contributed by atoms with E-state index in [1.54, 1.807) is 6.20 Å². The fourth-order valence-electron chi connectivity index (χ4n) is 2.41. The van der Waals surface area contributed by atoms with E-state index in [9.17, 15) is 0 Å². The standard InChI is InChI=1S/C17H16ClN3/c1-11(12-3-2-4-14(18)9-12)21-16-6-5-13-10-20-8-7-15(13)17(16)19/h2-11,21H,19H2,1H3. The van der Waals surface area contributed by atoms with Crippen LogP contribution in [-0.4, -0.2) is 4.98 Å². The first-order chi connectivity index (χ1) is 10.1. The molecule has 4 heteroatoms. The minimum absolute atomic E-state index is 0.116. The van der Waals surface area contributed by atoms with Crippen LogP contribution < -0.4 is 11.1 Å². The zero-order valence-electron chi connectivity index (χ0n) is 11.7. The second-order valence-corrected chi connectivity index (χ2v) is 5.48. The predicted octanol–water partition coefficient (Wildman–Crippen LogP) is 4.64. The molecule has 0 aliphatic heterocycles. The fraction of sp³-hybridized carbons (Fsp3) is 0.118. The van der Waals surface area contributed by atoms with E-state index in [4.69, 9.17) is 17.3 Å². The second-order valence-electron chi connectivity index (χ2n) is 5.04. The average molecular weight is 298 g/mol. The highest BCUT2D eigenvalue weighted by molar-refractivity contribution is 6.30. The third-order valence-corrected chi connectivity index (χ3v) is 3.82. The van der Waals surface area contributed by atoms with E-state index in [0.29, 0.717) is 0 Å². The Morgan fingerprint density at radius 3 is 2.86 bits per heavy atom. The second kappa shape index (κ2) is 5.62. The number of nitrogen functional groups attached to an aromatic ring is 1. The molecule has 1 atom stereocenters. The van der Waals surface area contributed by atoms with Gasteiger partial charge in [0.1, 0.15) is 0 Å². The molecule has 3 nitrogen and oxygen atoms in total. The molecule has 106 valence electrons. The number of rotatable bonds is 3. The van der Waals surface area contributed by atoms with Gasteiger partial charge in [-0.2, -0.15) is 0 Å². The minimum Gasteiger partial charge on any atom is -0.397 e. The van der Waals surface area contributed by atoms with Crippen LogP contribution in [0, 0.1) is 0 Å². The van der Waals surface area contributed by atoms with E-state index >= 15 is 0 Å². The summed E-state index contributed by atoms with van der Waals surface area (Å²) >= 11 is 6.04. The molecule has 0 radical (unpaired) electrons. The molecule has 0 amide bonds. The Labute approximate surface area is 128 Å². The van der Waals surface area contributed by atoms with Gasteiger partial charge in [-0.3, -0.25) is 4.98 Å². The van der Waals surface area contributed by atoms with Crippen molar-refractivity contribution < 1.29 is 0 Å². The monoisotopic (exact) mass is 297 g/mol. The number of pyridine rings is 1. The van der Waals surface area contributed by atoms with Crippen LogP contribution in [0.15, 0.2) is 54.9 Å². The van der Waals surface area contributed by atoms with E-state index in [0.717, 1.165) is 32.7 Å². The lowest BCUT2D eigenvalue weighted by atomic mass is 10.1. The van der Waals surface area contributed by atoms with Crippen LogP contribution in [0.3, 0.4) is 0 Å². The zero-order chi connectivity index (χ0) is 14.8. The summed E-state index contributed by atoms with van der Waals surface area (Å²) in [6.45, 7) is 2.09. The molecular formula is C17H16ClN3. The van der Waals surface area contributed by atoms with Gasteiger partial charge in [-0.05, 0) is 36.8 Å². The summed E-state index contributed by atoms with van der Waals surface area (Å²) in [6.07, 6.45) is 3.57. The van der Waals surface area contributed by atoms with Crippen molar-refractivity contribution in [3.63, 3.8) is 0 Å². The Balaban J connectivity index is 1.93. The number of nitrogens with zero attached hydrogens (tertiary/aromatic N) is 1. The highest BCUT2D eigenvalue weighted by Crippen LogP contribution is 2.31. The molecular weight excluding hydrogens is 282 g/mol. The Morgan fingerprint density at radius 2 is 2.05 bits per heavy atom. The van der Waals surface area contributed by atoms with Crippen LogP contribution in [0.25, 0.3) is 10.8 Å². The molecule has 21 heavy (non-hydrogen) atoms. The van der Waals surface area contributed by atoms with Crippen LogP contribution in [-0.2, 0) is 0 Å². The molecule has 0 aliphatic rings. The third-order valence-electron chi connectivity index (χ3n) is 3.58. The van der Waals surface area contributed by atoms with Crippen LogP contribution in [0.1, 0.15) is 18.5 Å². The molecule has 0 saturated heterocycles. The van der Waals surface area contributed by atoms with Crippen molar-refractivity contribution in [1.82, 2.24) is 4.98 Å².